The maximum absolute atomic E-state index is 5.55. The topological polar surface area (TPSA) is 26.0 Å². The summed E-state index contributed by atoms with van der Waals surface area (Å²) in [5.41, 5.74) is 7.66. The first-order valence-electron chi connectivity index (χ1n) is 3.28. The number of hydrogen-bond acceptors (Lipinski definition) is 1. The van der Waals surface area contributed by atoms with Crippen molar-refractivity contribution in [1.29, 1.82) is 0 Å². The van der Waals surface area contributed by atoms with Crippen LogP contribution in [0.2, 0.25) is 6.82 Å². The van der Waals surface area contributed by atoms with Crippen LogP contribution in [0.25, 0.3) is 0 Å². The van der Waals surface area contributed by atoms with Gasteiger partial charge in [-0.15, -0.1) is 0 Å². The van der Waals surface area contributed by atoms with E-state index in [4.69, 9.17) is 5.73 Å². The van der Waals surface area contributed by atoms with Crippen LogP contribution in [0.5, 0.6) is 0 Å². The van der Waals surface area contributed by atoms with Gasteiger partial charge in [0.15, 0.2) is 7.28 Å². The van der Waals surface area contributed by atoms with E-state index in [0.717, 1.165) is 17.4 Å². The zero-order valence-corrected chi connectivity index (χ0v) is 7.48. The second-order valence-electron chi connectivity index (χ2n) is 2.20. The van der Waals surface area contributed by atoms with Crippen LogP contribution in [0, 0.1) is 0 Å². The van der Waals surface area contributed by atoms with Gasteiger partial charge in [-0.25, -0.2) is 0 Å². The summed E-state index contributed by atoms with van der Waals surface area (Å²) in [6.45, 7) is 2.12. The van der Waals surface area contributed by atoms with Gasteiger partial charge < -0.3 is 5.73 Å². The number of anilines is 1. The van der Waals surface area contributed by atoms with E-state index >= 15 is 0 Å². The number of nitrogen functional groups attached to an aromatic ring is 1. The van der Waals surface area contributed by atoms with E-state index in [2.05, 4.69) is 22.8 Å². The Kier molecular flexibility index (Phi) is 2.38. The zero-order chi connectivity index (χ0) is 7.56. The van der Waals surface area contributed by atoms with E-state index in [9.17, 15) is 0 Å². The Balaban J connectivity index is 3.07. The van der Waals surface area contributed by atoms with Crippen molar-refractivity contribution >= 4 is 34.4 Å². The largest absolute Gasteiger partial charge is 0.399 e. The normalized spacial score (nSPS) is 9.40. The average Bonchev–Trinajstić information content (AvgIpc) is 1.88. The van der Waals surface area contributed by atoms with Crippen LogP contribution in [0.15, 0.2) is 22.7 Å². The van der Waals surface area contributed by atoms with Gasteiger partial charge in [0.1, 0.15) is 0 Å². The Bertz CT molecular complexity index is 237. The highest BCUT2D eigenvalue weighted by molar-refractivity contribution is 9.10. The lowest BCUT2D eigenvalue weighted by molar-refractivity contribution is 1.68. The van der Waals surface area contributed by atoms with Gasteiger partial charge >= 0.3 is 0 Å². The lowest BCUT2D eigenvalue weighted by Crippen LogP contribution is -2.11. The second-order valence-corrected chi connectivity index (χ2v) is 3.06. The summed E-state index contributed by atoms with van der Waals surface area (Å²) >= 11 is 3.43. The lowest BCUT2D eigenvalue weighted by atomic mass is 9.73. The Morgan fingerprint density at radius 3 is 2.70 bits per heavy atom. The van der Waals surface area contributed by atoms with Gasteiger partial charge in [-0.3, -0.25) is 0 Å². The van der Waals surface area contributed by atoms with Crippen LogP contribution in [0.1, 0.15) is 0 Å². The summed E-state index contributed by atoms with van der Waals surface area (Å²) in [6.07, 6.45) is 0. The molecular formula is C7H9BBrN. The van der Waals surface area contributed by atoms with E-state index < -0.39 is 0 Å². The van der Waals surface area contributed by atoms with E-state index in [1.54, 1.807) is 0 Å². The predicted octanol–water partition coefficient (Wildman–Crippen LogP) is 1.14. The van der Waals surface area contributed by atoms with Crippen LogP contribution in [-0.4, -0.2) is 7.28 Å². The van der Waals surface area contributed by atoms with Crippen molar-refractivity contribution in [2.24, 2.45) is 0 Å². The molecule has 0 atom stereocenters. The molecule has 0 spiro atoms. The van der Waals surface area contributed by atoms with Crippen molar-refractivity contribution in [3.05, 3.63) is 22.7 Å². The van der Waals surface area contributed by atoms with Crippen molar-refractivity contribution in [1.82, 2.24) is 0 Å². The molecule has 0 aliphatic carbocycles. The van der Waals surface area contributed by atoms with Crippen molar-refractivity contribution in [3.8, 4) is 0 Å². The van der Waals surface area contributed by atoms with Gasteiger partial charge in [-0.1, -0.05) is 34.3 Å². The molecule has 1 nitrogen and oxygen atoms in total. The fourth-order valence-electron chi connectivity index (χ4n) is 0.850. The molecule has 0 aliphatic heterocycles. The maximum Gasteiger partial charge on any atom is 0.156 e. The minimum atomic E-state index is 0.809. The summed E-state index contributed by atoms with van der Waals surface area (Å²) in [6, 6.07) is 5.89. The molecule has 0 saturated heterocycles. The molecule has 1 aromatic rings. The SMILES string of the molecule is CBc1ccc(N)cc1Br. The van der Waals surface area contributed by atoms with Crippen LogP contribution in [0.3, 0.4) is 0 Å². The van der Waals surface area contributed by atoms with Crippen molar-refractivity contribution in [2.75, 3.05) is 5.73 Å². The molecule has 0 bridgehead atoms. The highest BCUT2D eigenvalue weighted by Crippen LogP contribution is 2.10. The quantitative estimate of drug-likeness (QED) is 0.531. The third kappa shape index (κ3) is 1.54. The summed E-state index contributed by atoms with van der Waals surface area (Å²) in [5, 5.41) is 0. The first-order chi connectivity index (χ1) is 4.74. The van der Waals surface area contributed by atoms with Crippen LogP contribution in [-0.2, 0) is 0 Å². The molecule has 0 radical (unpaired) electrons. The number of benzene rings is 1. The Morgan fingerprint density at radius 1 is 1.50 bits per heavy atom. The molecule has 1 rings (SSSR count). The summed E-state index contributed by atoms with van der Waals surface area (Å²) < 4.78 is 1.11. The van der Waals surface area contributed by atoms with Crippen molar-refractivity contribution in [2.45, 2.75) is 6.82 Å². The molecule has 10 heavy (non-hydrogen) atoms. The Hall–Kier alpha value is -0.435. The molecule has 3 heteroatoms. The average molecular weight is 198 g/mol. The van der Waals surface area contributed by atoms with Gasteiger partial charge in [0.25, 0.3) is 0 Å². The Morgan fingerprint density at radius 2 is 2.20 bits per heavy atom. The summed E-state index contributed by atoms with van der Waals surface area (Å²) in [5.74, 6) is 0. The summed E-state index contributed by atoms with van der Waals surface area (Å²) in [7, 11) is 1.04. The molecule has 0 saturated carbocycles. The number of rotatable bonds is 1. The lowest BCUT2D eigenvalue weighted by Gasteiger charge is -1.99. The molecule has 0 aromatic heterocycles. The van der Waals surface area contributed by atoms with Crippen molar-refractivity contribution < 1.29 is 0 Å². The molecule has 0 fully saturated rings. The van der Waals surface area contributed by atoms with E-state index in [1.807, 2.05) is 18.2 Å². The molecular weight excluding hydrogens is 189 g/mol. The van der Waals surface area contributed by atoms with E-state index in [1.165, 1.54) is 5.46 Å². The zero-order valence-electron chi connectivity index (χ0n) is 5.89. The smallest absolute Gasteiger partial charge is 0.156 e. The number of hydrogen-bond donors (Lipinski definition) is 1. The predicted molar refractivity (Wildman–Crippen MR) is 51.2 cm³/mol. The van der Waals surface area contributed by atoms with Gasteiger partial charge in [-0.2, -0.15) is 0 Å². The number of nitrogens with two attached hydrogens (primary N) is 1. The van der Waals surface area contributed by atoms with Gasteiger partial charge in [0.2, 0.25) is 0 Å². The van der Waals surface area contributed by atoms with Crippen LogP contribution < -0.4 is 11.2 Å². The third-order valence-corrected chi connectivity index (χ3v) is 2.20. The third-order valence-electron chi connectivity index (χ3n) is 1.46. The minimum Gasteiger partial charge on any atom is -0.399 e. The van der Waals surface area contributed by atoms with Crippen LogP contribution >= 0.6 is 15.9 Å². The molecule has 52 valence electrons. The van der Waals surface area contributed by atoms with E-state index in [-0.39, 0.29) is 0 Å². The Labute approximate surface area is 70.0 Å². The fourth-order valence-corrected chi connectivity index (χ4v) is 1.53. The maximum atomic E-state index is 5.55. The fraction of sp³-hybridized carbons (Fsp3) is 0.143. The molecule has 1 aromatic carbocycles. The molecule has 0 heterocycles. The first kappa shape index (κ1) is 7.67. The number of halogens is 1. The standard InChI is InChI=1S/C7H9BBrN/c1-8-6-3-2-5(10)4-7(6)9/h2-4,8H,10H2,1H3. The highest BCUT2D eigenvalue weighted by Gasteiger charge is 1.96. The molecule has 0 aliphatic rings. The molecule has 2 N–H and O–H groups in total. The van der Waals surface area contributed by atoms with E-state index in [0.29, 0.717) is 0 Å². The van der Waals surface area contributed by atoms with Gasteiger partial charge in [0, 0.05) is 10.2 Å². The summed E-state index contributed by atoms with van der Waals surface area (Å²) in [4.78, 5) is 0. The minimum absolute atomic E-state index is 0.809. The second kappa shape index (κ2) is 3.10. The monoisotopic (exact) mass is 197 g/mol. The highest BCUT2D eigenvalue weighted by atomic mass is 79.9. The first-order valence-corrected chi connectivity index (χ1v) is 4.07. The van der Waals surface area contributed by atoms with Crippen molar-refractivity contribution in [3.63, 3.8) is 0 Å². The molecule has 0 unspecified atom stereocenters. The molecule has 0 amide bonds. The van der Waals surface area contributed by atoms with Gasteiger partial charge in [-0.05, 0) is 12.1 Å². The van der Waals surface area contributed by atoms with Crippen LogP contribution in [0.4, 0.5) is 5.69 Å². The van der Waals surface area contributed by atoms with Gasteiger partial charge in [0.05, 0.1) is 0 Å².